The van der Waals surface area contributed by atoms with E-state index in [2.05, 4.69) is 0 Å². The van der Waals surface area contributed by atoms with Gasteiger partial charge in [0.15, 0.2) is 0 Å². The Labute approximate surface area is 122 Å². The molecule has 0 saturated carbocycles. The van der Waals surface area contributed by atoms with E-state index in [1.165, 1.54) is 0 Å². The standard InChI is InChI=1S/C10H14F6N3O2S/c1-3-4-5-18-7-6-17(2)8(18)19(9(11,12)13)22(20,21)10(14,15)16/h6-7H,3-5H2,1-2H3/q+1. The van der Waals surface area contributed by atoms with Gasteiger partial charge >= 0.3 is 27.8 Å². The number of hydrogen-bond acceptors (Lipinski definition) is 2. The summed E-state index contributed by atoms with van der Waals surface area (Å²) in [6, 6.07) is 0. The first-order chi connectivity index (χ1) is 9.84. The smallest absolute Gasteiger partial charge is 0.237 e. The van der Waals surface area contributed by atoms with Gasteiger partial charge in [0.2, 0.25) is 0 Å². The van der Waals surface area contributed by atoms with Gasteiger partial charge in [-0.25, -0.2) is 9.13 Å². The molecule has 1 rings (SSSR count). The van der Waals surface area contributed by atoms with Crippen molar-refractivity contribution >= 4 is 16.0 Å². The van der Waals surface area contributed by atoms with Gasteiger partial charge in [-0.15, -0.1) is 13.2 Å². The Morgan fingerprint density at radius 1 is 1.23 bits per heavy atom. The Bertz CT molecular complexity index is 620. The molecule has 0 unspecified atom stereocenters. The van der Waals surface area contributed by atoms with E-state index in [-0.39, 0.29) is 6.54 Å². The van der Waals surface area contributed by atoms with Gasteiger partial charge in [-0.05, 0) is 6.42 Å². The number of hydrogen-bond donors (Lipinski definition) is 0. The molecular weight excluding hydrogens is 340 g/mol. The van der Waals surface area contributed by atoms with E-state index in [1.807, 2.05) is 0 Å². The molecule has 0 amide bonds. The van der Waals surface area contributed by atoms with Crippen molar-refractivity contribution in [2.45, 2.75) is 38.1 Å². The summed E-state index contributed by atoms with van der Waals surface area (Å²) in [6.45, 7) is 1.68. The van der Waals surface area contributed by atoms with Crippen LogP contribution in [0.1, 0.15) is 19.8 Å². The van der Waals surface area contributed by atoms with Crippen molar-refractivity contribution in [3.63, 3.8) is 0 Å². The second kappa shape index (κ2) is 5.97. The Morgan fingerprint density at radius 2 is 1.77 bits per heavy atom. The summed E-state index contributed by atoms with van der Waals surface area (Å²) in [7, 11) is -5.59. The van der Waals surface area contributed by atoms with Crippen LogP contribution in [0.3, 0.4) is 0 Å². The number of rotatable bonds is 5. The lowest BCUT2D eigenvalue weighted by Crippen LogP contribution is -2.54. The highest BCUT2D eigenvalue weighted by Crippen LogP contribution is 2.37. The van der Waals surface area contributed by atoms with Gasteiger partial charge in [-0.2, -0.15) is 21.6 Å². The van der Waals surface area contributed by atoms with Crippen molar-refractivity contribution in [1.29, 1.82) is 0 Å². The number of aryl methyl sites for hydroxylation is 2. The van der Waals surface area contributed by atoms with Gasteiger partial charge in [-0.1, -0.05) is 17.6 Å². The van der Waals surface area contributed by atoms with Crippen LogP contribution in [0.25, 0.3) is 0 Å². The molecule has 1 aromatic rings. The molecule has 0 aliphatic heterocycles. The SMILES string of the molecule is CCCCn1cc[n+](C)c1N(C(F)(F)F)S(=O)(=O)C(F)(F)F. The first-order valence-corrected chi connectivity index (χ1v) is 7.51. The molecule has 1 aromatic heterocycles. The van der Waals surface area contributed by atoms with Crippen LogP contribution in [0.15, 0.2) is 12.4 Å². The van der Waals surface area contributed by atoms with Gasteiger partial charge in [0.25, 0.3) is 0 Å². The number of nitrogens with zero attached hydrogens (tertiary/aromatic N) is 3. The first kappa shape index (κ1) is 18.6. The zero-order valence-corrected chi connectivity index (χ0v) is 12.4. The average molecular weight is 354 g/mol. The topological polar surface area (TPSA) is 46.2 Å². The third-order valence-corrected chi connectivity index (χ3v) is 4.18. The predicted molar refractivity (Wildman–Crippen MR) is 64.0 cm³/mol. The highest BCUT2D eigenvalue weighted by atomic mass is 32.2. The van der Waals surface area contributed by atoms with Crippen molar-refractivity contribution < 1.29 is 39.3 Å². The largest absolute Gasteiger partial charge is 0.554 e. The Kier molecular flexibility index (Phi) is 5.04. The van der Waals surface area contributed by atoms with E-state index in [0.29, 0.717) is 17.4 Å². The normalized spacial score (nSPS) is 13.5. The molecule has 128 valence electrons. The fraction of sp³-hybridized carbons (Fsp3) is 0.700. The molecule has 1 heterocycles. The Hall–Kier alpha value is -1.46. The van der Waals surface area contributed by atoms with E-state index in [9.17, 15) is 34.8 Å². The van der Waals surface area contributed by atoms with E-state index >= 15 is 0 Å². The van der Waals surface area contributed by atoms with Gasteiger partial charge in [0, 0.05) is 0 Å². The molecule has 0 saturated heterocycles. The number of anilines is 1. The van der Waals surface area contributed by atoms with Crippen LogP contribution in [0.2, 0.25) is 0 Å². The summed E-state index contributed by atoms with van der Waals surface area (Å²) in [5, 5.41) is 0. The monoisotopic (exact) mass is 354 g/mol. The molecule has 0 fully saturated rings. The van der Waals surface area contributed by atoms with Gasteiger partial charge in [0.05, 0.1) is 26.0 Å². The lowest BCUT2D eigenvalue weighted by molar-refractivity contribution is -0.658. The summed E-state index contributed by atoms with van der Waals surface area (Å²) >= 11 is 0. The van der Waals surface area contributed by atoms with Gasteiger partial charge < -0.3 is 0 Å². The highest BCUT2D eigenvalue weighted by molar-refractivity contribution is 7.93. The van der Waals surface area contributed by atoms with E-state index in [1.54, 1.807) is 6.92 Å². The Balaban J connectivity index is 3.54. The Morgan fingerprint density at radius 3 is 2.18 bits per heavy atom. The molecule has 0 N–H and O–H groups in total. The second-order valence-corrected chi connectivity index (χ2v) is 6.22. The molecule has 5 nitrogen and oxygen atoms in total. The molecular formula is C10H14F6N3O2S+. The van der Waals surface area contributed by atoms with Crippen LogP contribution in [0.4, 0.5) is 32.3 Å². The molecule has 12 heteroatoms. The zero-order chi connectivity index (χ0) is 17.3. The number of imidazole rings is 1. The van der Waals surface area contributed by atoms with Crippen molar-refractivity contribution in [3.8, 4) is 0 Å². The van der Waals surface area contributed by atoms with Crippen LogP contribution in [-0.2, 0) is 23.6 Å². The minimum absolute atomic E-state index is 0.0490. The molecule has 0 atom stereocenters. The predicted octanol–water partition coefficient (Wildman–Crippen LogP) is 2.29. The molecule has 0 aromatic carbocycles. The summed E-state index contributed by atoms with van der Waals surface area (Å²) in [4.78, 5) is 0. The fourth-order valence-electron chi connectivity index (χ4n) is 1.74. The van der Waals surface area contributed by atoms with Crippen molar-refractivity contribution in [1.82, 2.24) is 4.57 Å². The van der Waals surface area contributed by atoms with Gasteiger partial charge in [-0.3, -0.25) is 0 Å². The minimum Gasteiger partial charge on any atom is -0.237 e. The first-order valence-electron chi connectivity index (χ1n) is 6.07. The summed E-state index contributed by atoms with van der Waals surface area (Å²) < 4.78 is 99.4. The molecule has 0 aliphatic rings. The summed E-state index contributed by atoms with van der Waals surface area (Å²) in [6.07, 6.45) is -2.67. The van der Waals surface area contributed by atoms with Gasteiger partial charge in [0.1, 0.15) is 0 Å². The molecule has 0 aliphatic carbocycles. The third kappa shape index (κ3) is 3.47. The molecule has 0 radical (unpaired) electrons. The number of halogens is 6. The van der Waals surface area contributed by atoms with Crippen LogP contribution in [0.5, 0.6) is 0 Å². The average Bonchev–Trinajstić information content (AvgIpc) is 2.65. The van der Waals surface area contributed by atoms with E-state index < -0.39 is 32.1 Å². The number of aromatic nitrogens is 2. The van der Waals surface area contributed by atoms with Crippen molar-refractivity contribution in [3.05, 3.63) is 12.4 Å². The molecule has 22 heavy (non-hydrogen) atoms. The maximum absolute atomic E-state index is 13.0. The molecule has 0 spiro atoms. The number of unbranched alkanes of at least 4 members (excludes halogenated alkanes) is 1. The lowest BCUT2D eigenvalue weighted by Gasteiger charge is -2.21. The maximum Gasteiger partial charge on any atom is 0.554 e. The van der Waals surface area contributed by atoms with Crippen molar-refractivity contribution in [2.75, 3.05) is 4.31 Å². The summed E-state index contributed by atoms with van der Waals surface area (Å²) in [5.74, 6) is -1.13. The third-order valence-electron chi connectivity index (χ3n) is 2.74. The van der Waals surface area contributed by atoms with Crippen LogP contribution in [-0.4, -0.2) is 24.8 Å². The van der Waals surface area contributed by atoms with E-state index in [0.717, 1.165) is 24.0 Å². The maximum atomic E-state index is 13.0. The fourth-order valence-corrected chi connectivity index (χ4v) is 2.67. The van der Waals surface area contributed by atoms with E-state index in [4.69, 9.17) is 0 Å². The number of sulfonamides is 1. The number of alkyl halides is 6. The minimum atomic E-state index is -6.62. The molecule has 0 bridgehead atoms. The van der Waals surface area contributed by atoms with Crippen LogP contribution in [0, 0.1) is 0 Å². The quantitative estimate of drug-likeness (QED) is 0.463. The van der Waals surface area contributed by atoms with Crippen LogP contribution < -0.4 is 8.87 Å². The van der Waals surface area contributed by atoms with Crippen LogP contribution >= 0.6 is 0 Å². The lowest BCUT2D eigenvalue weighted by atomic mass is 10.3. The van der Waals surface area contributed by atoms with Crippen molar-refractivity contribution in [2.24, 2.45) is 7.05 Å². The summed E-state index contributed by atoms with van der Waals surface area (Å²) in [5.41, 5.74) is -6.07. The zero-order valence-electron chi connectivity index (χ0n) is 11.6. The second-order valence-electron chi connectivity index (χ2n) is 4.44. The highest BCUT2D eigenvalue weighted by Gasteiger charge is 2.65.